The molecule has 23 heavy (non-hydrogen) atoms. The normalized spacial score (nSPS) is 21.8. The van der Waals surface area contributed by atoms with Crippen LogP contribution in [-0.4, -0.2) is 38.1 Å². The van der Waals surface area contributed by atoms with Crippen molar-refractivity contribution in [3.63, 3.8) is 0 Å². The first-order chi connectivity index (χ1) is 11.2. The maximum atomic E-state index is 2.70. The lowest BCUT2D eigenvalue weighted by molar-refractivity contribution is 0.154. The van der Waals surface area contributed by atoms with Gasteiger partial charge < -0.3 is 9.80 Å². The highest BCUT2D eigenvalue weighted by Gasteiger charge is 2.29. The summed E-state index contributed by atoms with van der Waals surface area (Å²) in [5.74, 6) is 1.96. The van der Waals surface area contributed by atoms with Gasteiger partial charge in [-0.2, -0.15) is 0 Å². The average molecular weight is 315 g/mol. The van der Waals surface area contributed by atoms with Crippen molar-refractivity contribution in [2.45, 2.75) is 52.4 Å². The fraction of sp³-hybridized carbons (Fsp3) is 0.714. The molecule has 0 bridgehead atoms. The molecular weight excluding hydrogens is 280 g/mol. The van der Waals surface area contributed by atoms with Gasteiger partial charge in [-0.05, 0) is 81.6 Å². The molecule has 2 saturated heterocycles. The molecule has 2 heteroatoms. The summed E-state index contributed by atoms with van der Waals surface area (Å²) in [7, 11) is 2.27. The van der Waals surface area contributed by atoms with Crippen LogP contribution >= 0.6 is 0 Å². The molecule has 0 atom stereocenters. The van der Waals surface area contributed by atoms with Crippen LogP contribution in [0.1, 0.15) is 50.7 Å². The van der Waals surface area contributed by atoms with E-state index in [1.807, 2.05) is 0 Å². The molecule has 0 spiro atoms. The Balaban J connectivity index is 1.65. The van der Waals surface area contributed by atoms with Crippen molar-refractivity contribution in [2.75, 3.05) is 38.1 Å². The van der Waals surface area contributed by atoms with Gasteiger partial charge in [0.15, 0.2) is 0 Å². The van der Waals surface area contributed by atoms with E-state index in [1.54, 1.807) is 16.8 Å². The monoisotopic (exact) mass is 314 g/mol. The van der Waals surface area contributed by atoms with Gasteiger partial charge in [-0.25, -0.2) is 0 Å². The Morgan fingerprint density at radius 3 is 1.78 bits per heavy atom. The number of hydrogen-bond acceptors (Lipinski definition) is 2. The molecule has 0 aliphatic carbocycles. The highest BCUT2D eigenvalue weighted by molar-refractivity contribution is 5.60. The maximum Gasteiger partial charge on any atom is 0.0431 e. The minimum Gasteiger partial charge on any atom is -0.371 e. The number of benzene rings is 1. The zero-order valence-corrected chi connectivity index (χ0v) is 15.4. The van der Waals surface area contributed by atoms with Gasteiger partial charge in [0.25, 0.3) is 0 Å². The van der Waals surface area contributed by atoms with E-state index in [-0.39, 0.29) is 0 Å². The van der Waals surface area contributed by atoms with E-state index in [0.717, 1.165) is 24.7 Å². The van der Waals surface area contributed by atoms with Crippen LogP contribution in [0.4, 0.5) is 5.69 Å². The SMILES string of the molecule is CCc1cccc(CC)c1N1CCC(C2CCN(C)CC2)CC1. The highest BCUT2D eigenvalue weighted by atomic mass is 15.1. The molecule has 0 radical (unpaired) electrons. The minimum atomic E-state index is 0.971. The van der Waals surface area contributed by atoms with Crippen molar-refractivity contribution < 1.29 is 0 Å². The van der Waals surface area contributed by atoms with Crippen LogP contribution in [0, 0.1) is 11.8 Å². The van der Waals surface area contributed by atoms with Crippen LogP contribution in [0.2, 0.25) is 0 Å². The number of rotatable bonds is 4. The van der Waals surface area contributed by atoms with Gasteiger partial charge in [-0.3, -0.25) is 0 Å². The first kappa shape index (κ1) is 16.8. The summed E-state index contributed by atoms with van der Waals surface area (Å²) in [5.41, 5.74) is 4.66. The van der Waals surface area contributed by atoms with Gasteiger partial charge in [0.1, 0.15) is 0 Å². The minimum absolute atomic E-state index is 0.971. The van der Waals surface area contributed by atoms with E-state index in [0.29, 0.717) is 0 Å². The van der Waals surface area contributed by atoms with Crippen molar-refractivity contribution in [2.24, 2.45) is 11.8 Å². The first-order valence-corrected chi connectivity index (χ1v) is 9.77. The smallest absolute Gasteiger partial charge is 0.0431 e. The van der Waals surface area contributed by atoms with Crippen molar-refractivity contribution in [1.82, 2.24) is 4.90 Å². The highest BCUT2D eigenvalue weighted by Crippen LogP contribution is 2.36. The number of aryl methyl sites for hydroxylation is 2. The summed E-state index contributed by atoms with van der Waals surface area (Å²) in [5, 5.41) is 0. The van der Waals surface area contributed by atoms with Crippen LogP contribution < -0.4 is 4.90 Å². The number of nitrogens with zero attached hydrogens (tertiary/aromatic N) is 2. The van der Waals surface area contributed by atoms with Crippen molar-refractivity contribution in [1.29, 1.82) is 0 Å². The van der Waals surface area contributed by atoms with Crippen molar-refractivity contribution >= 4 is 5.69 Å². The molecule has 128 valence electrons. The van der Waals surface area contributed by atoms with Gasteiger partial charge in [0.2, 0.25) is 0 Å². The molecule has 0 N–H and O–H groups in total. The lowest BCUT2D eigenvalue weighted by Gasteiger charge is -2.41. The molecule has 2 aliphatic heterocycles. The Hall–Kier alpha value is -1.02. The number of likely N-dealkylation sites (tertiary alicyclic amines) is 1. The summed E-state index contributed by atoms with van der Waals surface area (Å²) in [6.07, 6.45) is 7.95. The molecule has 0 aromatic heterocycles. The van der Waals surface area contributed by atoms with E-state index in [2.05, 4.69) is 48.9 Å². The Morgan fingerprint density at radius 2 is 1.30 bits per heavy atom. The van der Waals surface area contributed by atoms with Crippen molar-refractivity contribution in [3.8, 4) is 0 Å². The topological polar surface area (TPSA) is 6.48 Å². The maximum absolute atomic E-state index is 2.70. The Bertz CT molecular complexity index is 472. The van der Waals surface area contributed by atoms with E-state index in [1.165, 1.54) is 51.9 Å². The number of piperidine rings is 2. The number of para-hydroxylation sites is 1. The summed E-state index contributed by atoms with van der Waals surface area (Å²) in [4.78, 5) is 5.19. The zero-order valence-electron chi connectivity index (χ0n) is 15.4. The first-order valence-electron chi connectivity index (χ1n) is 9.77. The third-order valence-corrected chi connectivity index (χ3v) is 6.25. The second kappa shape index (κ2) is 7.70. The van der Waals surface area contributed by atoms with Crippen LogP contribution in [-0.2, 0) is 12.8 Å². The summed E-state index contributed by atoms with van der Waals surface area (Å²) >= 11 is 0. The Morgan fingerprint density at radius 1 is 0.826 bits per heavy atom. The van der Waals surface area contributed by atoms with Crippen LogP contribution in [0.25, 0.3) is 0 Å². The average Bonchev–Trinajstić information content (AvgIpc) is 2.62. The third-order valence-electron chi connectivity index (χ3n) is 6.25. The molecule has 0 saturated carbocycles. The van der Waals surface area contributed by atoms with Gasteiger partial charge in [-0.1, -0.05) is 32.0 Å². The summed E-state index contributed by atoms with van der Waals surface area (Å²) in [6.45, 7) is 9.74. The zero-order chi connectivity index (χ0) is 16.2. The summed E-state index contributed by atoms with van der Waals surface area (Å²) < 4.78 is 0. The Labute approximate surface area is 142 Å². The summed E-state index contributed by atoms with van der Waals surface area (Å²) in [6, 6.07) is 6.90. The lowest BCUT2D eigenvalue weighted by atomic mass is 9.78. The largest absolute Gasteiger partial charge is 0.371 e. The van der Waals surface area contributed by atoms with E-state index in [9.17, 15) is 0 Å². The molecular formula is C21H34N2. The van der Waals surface area contributed by atoms with Gasteiger partial charge in [-0.15, -0.1) is 0 Å². The molecule has 1 aromatic carbocycles. The molecule has 0 amide bonds. The third kappa shape index (κ3) is 3.74. The second-order valence-electron chi connectivity index (χ2n) is 7.60. The molecule has 3 rings (SSSR count). The second-order valence-corrected chi connectivity index (χ2v) is 7.60. The van der Waals surface area contributed by atoms with Crippen molar-refractivity contribution in [3.05, 3.63) is 29.3 Å². The predicted molar refractivity (Wildman–Crippen MR) is 100 cm³/mol. The fourth-order valence-corrected chi connectivity index (χ4v) is 4.72. The fourth-order valence-electron chi connectivity index (χ4n) is 4.72. The van der Waals surface area contributed by atoms with E-state index >= 15 is 0 Å². The molecule has 2 fully saturated rings. The standard InChI is InChI=1S/C21H34N2/c1-4-17-7-6-8-18(5-2)21(17)23-15-11-20(12-16-23)19-9-13-22(3)14-10-19/h6-8,19-20H,4-5,9-16H2,1-3H3. The molecule has 2 heterocycles. The van der Waals surface area contributed by atoms with Gasteiger partial charge >= 0.3 is 0 Å². The van der Waals surface area contributed by atoms with E-state index < -0.39 is 0 Å². The van der Waals surface area contributed by atoms with Crippen LogP contribution in [0.5, 0.6) is 0 Å². The predicted octanol–water partition coefficient (Wildman–Crippen LogP) is 4.37. The quantitative estimate of drug-likeness (QED) is 0.814. The van der Waals surface area contributed by atoms with Gasteiger partial charge in [0.05, 0.1) is 0 Å². The van der Waals surface area contributed by atoms with E-state index in [4.69, 9.17) is 0 Å². The molecule has 0 unspecified atom stereocenters. The van der Waals surface area contributed by atoms with Gasteiger partial charge in [0, 0.05) is 18.8 Å². The lowest BCUT2D eigenvalue weighted by Crippen LogP contribution is -2.40. The molecule has 1 aromatic rings. The molecule has 2 aliphatic rings. The number of hydrogen-bond donors (Lipinski definition) is 0. The molecule has 2 nitrogen and oxygen atoms in total. The Kier molecular flexibility index (Phi) is 5.63. The number of anilines is 1. The van der Waals surface area contributed by atoms with Crippen LogP contribution in [0.15, 0.2) is 18.2 Å². The van der Waals surface area contributed by atoms with Crippen LogP contribution in [0.3, 0.4) is 0 Å².